The Morgan fingerprint density at radius 3 is 2.56 bits per heavy atom. The topological polar surface area (TPSA) is 123 Å². The number of carbonyl (C=O) groups is 1. The summed E-state index contributed by atoms with van der Waals surface area (Å²) in [6, 6.07) is 6.76. The Morgan fingerprint density at radius 2 is 1.83 bits per heavy atom. The number of amides is 1. The smallest absolute Gasteiger partial charge is 0.245 e. The minimum absolute atomic E-state index is 0.101. The van der Waals surface area contributed by atoms with E-state index in [2.05, 4.69) is 29.9 Å². The van der Waals surface area contributed by atoms with Crippen LogP contribution in [0.2, 0.25) is 0 Å². The summed E-state index contributed by atoms with van der Waals surface area (Å²) >= 11 is 0. The predicted octanol–water partition coefficient (Wildman–Crippen LogP) is 2.75. The fourth-order valence-electron chi connectivity index (χ4n) is 5.54. The molecule has 0 bridgehead atoms. The number of hydrogen-bond donors (Lipinski definition) is 3. The quantitative estimate of drug-likeness (QED) is 0.465. The number of hydrogen-bond acceptors (Lipinski definition) is 7. The van der Waals surface area contributed by atoms with E-state index in [9.17, 15) is 13.2 Å². The molecule has 192 valence electrons. The number of sulfonamides is 1. The molecule has 1 amide bonds. The lowest BCUT2D eigenvalue weighted by molar-refractivity contribution is -0.127. The minimum Gasteiger partial charge on any atom is -0.356 e. The average Bonchev–Trinajstić information content (AvgIpc) is 3.22. The molecular formula is C25H33N7O3S. The zero-order valence-electron chi connectivity index (χ0n) is 21.0. The molecule has 0 atom stereocenters. The molecule has 3 heterocycles. The number of aromatic nitrogens is 3. The van der Waals surface area contributed by atoms with Crippen LogP contribution in [0.5, 0.6) is 0 Å². The number of aromatic amines is 1. The van der Waals surface area contributed by atoms with E-state index in [4.69, 9.17) is 0 Å². The summed E-state index contributed by atoms with van der Waals surface area (Å²) in [6.07, 6.45) is 8.45. The highest BCUT2D eigenvalue weighted by Gasteiger charge is 2.44. The Bertz CT molecular complexity index is 1390. The lowest BCUT2D eigenvalue weighted by Gasteiger charge is -2.45. The summed E-state index contributed by atoms with van der Waals surface area (Å²) in [7, 11) is 0.458. The van der Waals surface area contributed by atoms with E-state index in [1.807, 2.05) is 19.0 Å². The number of nitrogens with one attached hydrogen (secondary N) is 3. The zero-order chi connectivity index (χ0) is 25.5. The first-order valence-corrected chi connectivity index (χ1v) is 14.2. The molecule has 1 saturated heterocycles. The van der Waals surface area contributed by atoms with Crippen molar-refractivity contribution in [2.45, 2.75) is 44.1 Å². The highest BCUT2D eigenvalue weighted by atomic mass is 32.2. The van der Waals surface area contributed by atoms with Gasteiger partial charge in [-0.15, -0.1) is 0 Å². The van der Waals surface area contributed by atoms with Crippen LogP contribution in [-0.2, 0) is 27.7 Å². The average molecular weight is 512 g/mol. The van der Waals surface area contributed by atoms with E-state index < -0.39 is 15.6 Å². The SMILES string of the molecule is CN(C)C1(C(=O)Nc2cccc(NS(C)(=O)=O)c2)CCN(c2ncnc3[nH]c4c(c23)CCCC4)CC1. The number of likely N-dealkylation sites (N-methyl/N-ethyl adjacent to an activating group) is 1. The van der Waals surface area contributed by atoms with E-state index in [1.54, 1.807) is 30.6 Å². The molecule has 1 aliphatic carbocycles. The Morgan fingerprint density at radius 1 is 1.11 bits per heavy atom. The molecule has 1 fully saturated rings. The molecule has 0 saturated carbocycles. The van der Waals surface area contributed by atoms with Crippen molar-refractivity contribution >= 4 is 44.2 Å². The number of benzene rings is 1. The maximum absolute atomic E-state index is 13.6. The number of anilines is 3. The van der Waals surface area contributed by atoms with Gasteiger partial charge in [-0.05, 0) is 76.4 Å². The van der Waals surface area contributed by atoms with E-state index in [0.717, 1.165) is 35.9 Å². The summed E-state index contributed by atoms with van der Waals surface area (Å²) < 4.78 is 25.6. The van der Waals surface area contributed by atoms with Crippen molar-refractivity contribution in [2.24, 2.45) is 0 Å². The first kappa shape index (κ1) is 24.5. The van der Waals surface area contributed by atoms with Crippen LogP contribution in [0.1, 0.15) is 36.9 Å². The normalized spacial score (nSPS) is 17.7. The molecule has 2 aromatic heterocycles. The maximum atomic E-state index is 13.6. The molecule has 36 heavy (non-hydrogen) atoms. The summed E-state index contributed by atoms with van der Waals surface area (Å²) in [4.78, 5) is 30.5. The van der Waals surface area contributed by atoms with Gasteiger partial charge in [-0.1, -0.05) is 6.07 Å². The van der Waals surface area contributed by atoms with E-state index >= 15 is 0 Å². The summed E-state index contributed by atoms with van der Waals surface area (Å²) in [6.45, 7) is 1.38. The number of H-pyrrole nitrogens is 1. The van der Waals surface area contributed by atoms with Crippen LogP contribution in [-0.4, -0.2) is 73.2 Å². The highest BCUT2D eigenvalue weighted by Crippen LogP contribution is 2.37. The fourth-order valence-corrected chi connectivity index (χ4v) is 6.09. The molecule has 0 radical (unpaired) electrons. The second-order valence-corrected chi connectivity index (χ2v) is 11.8. The van der Waals surface area contributed by atoms with Gasteiger partial charge < -0.3 is 15.2 Å². The van der Waals surface area contributed by atoms with Crippen molar-refractivity contribution in [1.29, 1.82) is 0 Å². The minimum atomic E-state index is -3.41. The van der Waals surface area contributed by atoms with Gasteiger partial charge in [0.05, 0.1) is 17.3 Å². The molecule has 3 aromatic rings. The van der Waals surface area contributed by atoms with Crippen LogP contribution >= 0.6 is 0 Å². The number of piperidine rings is 1. The monoisotopic (exact) mass is 511 g/mol. The molecule has 0 unspecified atom stereocenters. The van der Waals surface area contributed by atoms with E-state index in [1.165, 1.54) is 24.1 Å². The lowest BCUT2D eigenvalue weighted by atomic mass is 9.85. The highest BCUT2D eigenvalue weighted by molar-refractivity contribution is 7.92. The Labute approximate surface area is 211 Å². The number of aryl methyl sites for hydroxylation is 2. The van der Waals surface area contributed by atoms with Crippen LogP contribution in [0.25, 0.3) is 11.0 Å². The van der Waals surface area contributed by atoms with E-state index in [0.29, 0.717) is 37.3 Å². The van der Waals surface area contributed by atoms with Gasteiger partial charge in [-0.2, -0.15) is 0 Å². The fraction of sp³-hybridized carbons (Fsp3) is 0.480. The predicted molar refractivity (Wildman–Crippen MR) is 142 cm³/mol. The zero-order valence-corrected chi connectivity index (χ0v) is 21.8. The van der Waals surface area contributed by atoms with Gasteiger partial charge in [0, 0.05) is 24.5 Å². The standard InChI is InChI=1S/C25H33N7O3S/c1-31(2)25(24(33)28-17-7-6-8-18(15-17)30-36(3,34)35)11-13-32(14-12-25)23-21-19-9-4-5-10-20(19)29-22(21)26-16-27-23/h6-8,15-16,30H,4-5,9-14H2,1-3H3,(H,28,33)(H,26,27,29). The third-order valence-corrected chi connectivity index (χ3v) is 8.07. The van der Waals surface area contributed by atoms with Crippen molar-refractivity contribution in [3.63, 3.8) is 0 Å². The Kier molecular flexibility index (Phi) is 6.37. The molecule has 1 aromatic carbocycles. The largest absolute Gasteiger partial charge is 0.356 e. The van der Waals surface area contributed by atoms with Crippen LogP contribution < -0.4 is 14.9 Å². The van der Waals surface area contributed by atoms with Crippen molar-refractivity contribution in [2.75, 3.05) is 48.4 Å². The van der Waals surface area contributed by atoms with Gasteiger partial charge in [-0.25, -0.2) is 18.4 Å². The third kappa shape index (κ3) is 4.64. The molecule has 5 rings (SSSR count). The summed E-state index contributed by atoms with van der Waals surface area (Å²) in [5.41, 5.74) is 3.79. The molecule has 10 nitrogen and oxygen atoms in total. The molecule has 3 N–H and O–H groups in total. The van der Waals surface area contributed by atoms with Gasteiger partial charge in [-0.3, -0.25) is 14.4 Å². The van der Waals surface area contributed by atoms with Crippen molar-refractivity contribution in [3.05, 3.63) is 41.9 Å². The van der Waals surface area contributed by atoms with Crippen molar-refractivity contribution in [3.8, 4) is 0 Å². The first-order valence-electron chi connectivity index (χ1n) is 12.3. The van der Waals surface area contributed by atoms with Crippen LogP contribution in [0.3, 0.4) is 0 Å². The van der Waals surface area contributed by atoms with Crippen LogP contribution in [0, 0.1) is 0 Å². The van der Waals surface area contributed by atoms with Gasteiger partial charge in [0.25, 0.3) is 0 Å². The van der Waals surface area contributed by atoms with E-state index in [-0.39, 0.29) is 5.91 Å². The maximum Gasteiger partial charge on any atom is 0.245 e. The van der Waals surface area contributed by atoms with Gasteiger partial charge in [0.1, 0.15) is 23.3 Å². The molecule has 2 aliphatic rings. The third-order valence-electron chi connectivity index (χ3n) is 7.46. The Balaban J connectivity index is 1.36. The number of nitrogens with zero attached hydrogens (tertiary/aromatic N) is 4. The summed E-state index contributed by atoms with van der Waals surface area (Å²) in [5.74, 6) is 0.849. The Hall–Kier alpha value is -3.18. The van der Waals surface area contributed by atoms with Crippen molar-refractivity contribution in [1.82, 2.24) is 19.9 Å². The van der Waals surface area contributed by atoms with Crippen LogP contribution in [0.4, 0.5) is 17.2 Å². The molecule has 0 spiro atoms. The lowest BCUT2D eigenvalue weighted by Crippen LogP contribution is -2.59. The number of fused-ring (bicyclic) bond motifs is 3. The second kappa shape index (κ2) is 9.36. The first-order chi connectivity index (χ1) is 17.2. The molecule has 11 heteroatoms. The van der Waals surface area contributed by atoms with Crippen LogP contribution in [0.15, 0.2) is 30.6 Å². The van der Waals surface area contributed by atoms with Crippen molar-refractivity contribution < 1.29 is 13.2 Å². The van der Waals surface area contributed by atoms with Gasteiger partial charge >= 0.3 is 0 Å². The van der Waals surface area contributed by atoms with Gasteiger partial charge in [0.15, 0.2) is 0 Å². The number of carbonyl (C=O) groups excluding carboxylic acids is 1. The van der Waals surface area contributed by atoms with Gasteiger partial charge in [0.2, 0.25) is 15.9 Å². The molecule has 1 aliphatic heterocycles. The number of rotatable bonds is 6. The second-order valence-electron chi connectivity index (χ2n) is 10.0. The summed E-state index contributed by atoms with van der Waals surface area (Å²) in [5, 5.41) is 4.15. The molecular weight excluding hydrogens is 478 g/mol.